The Balaban J connectivity index is 2.02. The summed E-state index contributed by atoms with van der Waals surface area (Å²) >= 11 is 0. The molecule has 1 saturated heterocycles. The second kappa shape index (κ2) is 4.90. The molecule has 0 unspecified atom stereocenters. The van der Waals surface area contributed by atoms with E-state index in [0.717, 1.165) is 5.69 Å². The average molecular weight is 235 g/mol. The van der Waals surface area contributed by atoms with Gasteiger partial charge in [0.2, 0.25) is 0 Å². The molecule has 0 radical (unpaired) electrons. The van der Waals surface area contributed by atoms with Gasteiger partial charge in [0.1, 0.15) is 6.04 Å². The van der Waals surface area contributed by atoms with Crippen molar-refractivity contribution >= 4 is 11.7 Å². The Morgan fingerprint density at radius 2 is 2.41 bits per heavy atom. The molecule has 1 aliphatic heterocycles. The minimum Gasteiger partial charge on any atom is -0.469 e. The van der Waals surface area contributed by atoms with E-state index in [9.17, 15) is 9.70 Å². The van der Waals surface area contributed by atoms with Crippen LogP contribution in [0, 0.1) is 4.91 Å². The first-order chi connectivity index (χ1) is 8.22. The summed E-state index contributed by atoms with van der Waals surface area (Å²) in [6, 6.07) is 3.56. The SMILES string of the molecule is COC(=O)Cc1cc(N2CC(N=O)C2)ccn1. The van der Waals surface area contributed by atoms with Crippen molar-refractivity contribution < 1.29 is 9.53 Å². The number of aromatic nitrogens is 1. The number of hydrogen-bond donors (Lipinski definition) is 0. The van der Waals surface area contributed by atoms with Gasteiger partial charge < -0.3 is 9.64 Å². The van der Waals surface area contributed by atoms with E-state index in [0.29, 0.717) is 18.8 Å². The highest BCUT2D eigenvalue weighted by Gasteiger charge is 2.27. The Morgan fingerprint density at radius 1 is 1.65 bits per heavy atom. The molecular weight excluding hydrogens is 222 g/mol. The van der Waals surface area contributed by atoms with Crippen LogP contribution in [-0.4, -0.2) is 37.2 Å². The number of methoxy groups -OCH3 is 1. The molecule has 17 heavy (non-hydrogen) atoms. The number of anilines is 1. The largest absolute Gasteiger partial charge is 0.469 e. The molecule has 1 aromatic heterocycles. The van der Waals surface area contributed by atoms with Gasteiger partial charge in [-0.1, -0.05) is 5.18 Å². The molecular formula is C11H13N3O3. The minimum atomic E-state index is -0.314. The third-order valence-corrected chi connectivity index (χ3v) is 2.73. The van der Waals surface area contributed by atoms with Crippen LogP contribution in [0.2, 0.25) is 0 Å². The smallest absolute Gasteiger partial charge is 0.311 e. The summed E-state index contributed by atoms with van der Waals surface area (Å²) in [5, 5.41) is 2.97. The van der Waals surface area contributed by atoms with Crippen molar-refractivity contribution in [2.45, 2.75) is 12.5 Å². The van der Waals surface area contributed by atoms with Gasteiger partial charge in [0.15, 0.2) is 0 Å². The van der Waals surface area contributed by atoms with Gasteiger partial charge in [0.05, 0.1) is 19.2 Å². The summed E-state index contributed by atoms with van der Waals surface area (Å²) in [7, 11) is 1.35. The quantitative estimate of drug-likeness (QED) is 0.569. The molecule has 0 N–H and O–H groups in total. The third-order valence-electron chi connectivity index (χ3n) is 2.73. The lowest BCUT2D eigenvalue weighted by Gasteiger charge is -2.36. The molecule has 1 aromatic rings. The molecule has 2 heterocycles. The molecule has 6 heteroatoms. The second-order valence-electron chi connectivity index (χ2n) is 3.92. The molecule has 2 rings (SSSR count). The van der Waals surface area contributed by atoms with E-state index >= 15 is 0 Å². The van der Waals surface area contributed by atoms with E-state index in [1.807, 2.05) is 17.0 Å². The molecule has 1 aliphatic rings. The van der Waals surface area contributed by atoms with Crippen LogP contribution in [0.4, 0.5) is 5.69 Å². The van der Waals surface area contributed by atoms with Gasteiger partial charge in [0, 0.05) is 25.0 Å². The van der Waals surface area contributed by atoms with Crippen LogP contribution in [-0.2, 0) is 16.0 Å². The maximum atomic E-state index is 11.1. The molecule has 0 aliphatic carbocycles. The van der Waals surface area contributed by atoms with Crippen LogP contribution in [0.3, 0.4) is 0 Å². The van der Waals surface area contributed by atoms with E-state index in [4.69, 9.17) is 0 Å². The van der Waals surface area contributed by atoms with E-state index in [1.165, 1.54) is 7.11 Å². The zero-order chi connectivity index (χ0) is 12.3. The van der Waals surface area contributed by atoms with Crippen LogP contribution in [0.15, 0.2) is 23.5 Å². The zero-order valence-corrected chi connectivity index (χ0v) is 9.50. The fourth-order valence-corrected chi connectivity index (χ4v) is 1.71. The first-order valence-corrected chi connectivity index (χ1v) is 5.32. The molecule has 0 saturated carbocycles. The normalized spacial score (nSPS) is 15.2. The van der Waals surface area contributed by atoms with Crippen LogP contribution < -0.4 is 4.90 Å². The van der Waals surface area contributed by atoms with Crippen LogP contribution in [0.25, 0.3) is 0 Å². The van der Waals surface area contributed by atoms with Crippen molar-refractivity contribution in [1.82, 2.24) is 4.98 Å². The lowest BCUT2D eigenvalue weighted by atomic mass is 10.1. The Hall–Kier alpha value is -1.98. The van der Waals surface area contributed by atoms with E-state index in [2.05, 4.69) is 14.9 Å². The summed E-state index contributed by atoms with van der Waals surface area (Å²) in [5.41, 5.74) is 1.62. The van der Waals surface area contributed by atoms with Gasteiger partial charge in [-0.05, 0) is 12.1 Å². The average Bonchev–Trinajstić information content (AvgIpc) is 2.28. The summed E-state index contributed by atoms with van der Waals surface area (Å²) < 4.78 is 4.58. The number of carbonyl (C=O) groups excluding carboxylic acids is 1. The minimum absolute atomic E-state index is 0.118. The van der Waals surface area contributed by atoms with Gasteiger partial charge in [-0.25, -0.2) is 0 Å². The highest BCUT2D eigenvalue weighted by molar-refractivity contribution is 5.72. The number of rotatable bonds is 4. The van der Waals surface area contributed by atoms with Gasteiger partial charge in [-0.2, -0.15) is 4.91 Å². The number of hydrogen-bond acceptors (Lipinski definition) is 6. The van der Waals surface area contributed by atoms with Crippen LogP contribution in [0.5, 0.6) is 0 Å². The summed E-state index contributed by atoms with van der Waals surface area (Å²) in [6.45, 7) is 1.26. The molecule has 0 aromatic carbocycles. The van der Waals surface area contributed by atoms with Crippen molar-refractivity contribution in [2.75, 3.05) is 25.1 Å². The van der Waals surface area contributed by atoms with E-state index in [1.54, 1.807) is 6.20 Å². The van der Waals surface area contributed by atoms with Crippen molar-refractivity contribution in [3.63, 3.8) is 0 Å². The molecule has 0 amide bonds. The zero-order valence-electron chi connectivity index (χ0n) is 9.50. The number of carbonyl (C=O) groups is 1. The molecule has 90 valence electrons. The Kier molecular flexibility index (Phi) is 3.32. The summed E-state index contributed by atoms with van der Waals surface area (Å²) in [6.07, 6.45) is 1.81. The predicted octanol–water partition coefficient (Wildman–Crippen LogP) is 0.752. The molecule has 0 bridgehead atoms. The van der Waals surface area contributed by atoms with Crippen LogP contribution >= 0.6 is 0 Å². The Morgan fingerprint density at radius 3 is 3.06 bits per heavy atom. The first-order valence-electron chi connectivity index (χ1n) is 5.32. The number of nitrogens with zero attached hydrogens (tertiary/aromatic N) is 3. The fourth-order valence-electron chi connectivity index (χ4n) is 1.71. The summed E-state index contributed by atoms with van der Waals surface area (Å²) in [4.78, 5) is 27.5. The standard InChI is InChI=1S/C11H13N3O3/c1-17-11(15)5-8-4-10(2-3-12-8)14-6-9(7-14)13-16/h2-4,9H,5-7H2,1H3. The Bertz CT molecular complexity index is 430. The number of pyridine rings is 1. The Labute approximate surface area is 98.6 Å². The molecule has 1 fully saturated rings. The molecule has 0 spiro atoms. The topological polar surface area (TPSA) is 71.9 Å². The highest BCUT2D eigenvalue weighted by atomic mass is 16.5. The first kappa shape index (κ1) is 11.5. The van der Waals surface area contributed by atoms with E-state index < -0.39 is 0 Å². The highest BCUT2D eigenvalue weighted by Crippen LogP contribution is 2.22. The van der Waals surface area contributed by atoms with Crippen molar-refractivity contribution in [3.8, 4) is 0 Å². The van der Waals surface area contributed by atoms with E-state index in [-0.39, 0.29) is 18.4 Å². The predicted molar refractivity (Wildman–Crippen MR) is 61.8 cm³/mol. The van der Waals surface area contributed by atoms with Gasteiger partial charge in [0.25, 0.3) is 0 Å². The molecule has 0 atom stereocenters. The maximum absolute atomic E-state index is 11.1. The number of nitroso groups, excluding NO2 is 1. The third kappa shape index (κ3) is 2.58. The molecule has 6 nitrogen and oxygen atoms in total. The lowest BCUT2D eigenvalue weighted by Crippen LogP contribution is -2.49. The maximum Gasteiger partial charge on any atom is 0.311 e. The van der Waals surface area contributed by atoms with Gasteiger partial charge in [-0.3, -0.25) is 9.78 Å². The lowest BCUT2D eigenvalue weighted by molar-refractivity contribution is -0.139. The van der Waals surface area contributed by atoms with Crippen molar-refractivity contribution in [2.24, 2.45) is 5.18 Å². The van der Waals surface area contributed by atoms with Crippen LogP contribution in [0.1, 0.15) is 5.69 Å². The fraction of sp³-hybridized carbons (Fsp3) is 0.455. The monoisotopic (exact) mass is 235 g/mol. The van der Waals surface area contributed by atoms with Crippen molar-refractivity contribution in [1.29, 1.82) is 0 Å². The van der Waals surface area contributed by atoms with Crippen molar-refractivity contribution in [3.05, 3.63) is 28.9 Å². The second-order valence-corrected chi connectivity index (χ2v) is 3.92. The summed E-state index contributed by atoms with van der Waals surface area (Å²) in [5.74, 6) is -0.314. The van der Waals surface area contributed by atoms with Gasteiger partial charge in [-0.15, -0.1) is 0 Å². The number of esters is 1. The van der Waals surface area contributed by atoms with Gasteiger partial charge >= 0.3 is 5.97 Å². The number of ether oxygens (including phenoxy) is 1.